The van der Waals surface area contributed by atoms with Crippen LogP contribution in [0.4, 0.5) is 8.78 Å². The summed E-state index contributed by atoms with van der Waals surface area (Å²) in [6, 6.07) is 9.94. The molecule has 1 aliphatic carbocycles. The number of alkyl halides is 2. The highest BCUT2D eigenvalue weighted by Crippen LogP contribution is 2.60. The average molecular weight is 458 g/mol. The molecule has 0 amide bonds. The molecule has 0 unspecified atom stereocenters. The summed E-state index contributed by atoms with van der Waals surface area (Å²) in [5, 5.41) is 10.1. The van der Waals surface area contributed by atoms with E-state index in [0.29, 0.717) is 25.9 Å². The highest BCUT2D eigenvalue weighted by atomic mass is 19.3. The van der Waals surface area contributed by atoms with Crippen LogP contribution >= 0.6 is 0 Å². The van der Waals surface area contributed by atoms with Gasteiger partial charge >= 0.3 is 5.97 Å². The van der Waals surface area contributed by atoms with Crippen LogP contribution in [0.2, 0.25) is 0 Å². The van der Waals surface area contributed by atoms with Crippen LogP contribution in [0.5, 0.6) is 5.75 Å². The van der Waals surface area contributed by atoms with Crippen LogP contribution in [-0.4, -0.2) is 40.5 Å². The van der Waals surface area contributed by atoms with Gasteiger partial charge in [-0.2, -0.15) is 0 Å². The first-order valence-electron chi connectivity index (χ1n) is 12.6. The Bertz CT molecular complexity index is 1300. The first-order chi connectivity index (χ1) is 16.8. The lowest BCUT2D eigenvalue weighted by atomic mass is 9.59. The molecule has 1 saturated carbocycles. The number of aryl methyl sites for hydroxylation is 1. The lowest BCUT2D eigenvalue weighted by Crippen LogP contribution is -2.53. The smallest absolute Gasteiger partial charge is 0.335 e. The number of rotatable bonds is 5. The van der Waals surface area contributed by atoms with E-state index in [0.717, 1.165) is 27.6 Å². The van der Waals surface area contributed by atoms with E-state index in [9.17, 15) is 18.7 Å². The maximum atomic E-state index is 13.9. The highest BCUT2D eigenvalue weighted by Gasteiger charge is 2.58. The molecule has 2 N–H and O–H groups in total. The van der Waals surface area contributed by atoms with Gasteiger partial charge in [0.15, 0.2) is 0 Å². The summed E-state index contributed by atoms with van der Waals surface area (Å²) in [5.74, 6) is -3.40. The Balaban J connectivity index is 1.52. The van der Waals surface area contributed by atoms with Crippen molar-refractivity contribution in [3.63, 3.8) is 0 Å². The number of ether oxygens (including phenoxy) is 1. The van der Waals surface area contributed by atoms with E-state index in [1.54, 1.807) is 24.4 Å². The summed E-state index contributed by atoms with van der Waals surface area (Å²) in [6.45, 7) is 2.79. The Morgan fingerprint density at radius 2 is 2.06 bits per heavy atom. The number of nitrogens with one attached hydrogen (secondary N) is 1. The summed E-state index contributed by atoms with van der Waals surface area (Å²) < 4.78 is 56.2. The van der Waals surface area contributed by atoms with Gasteiger partial charge in [0.1, 0.15) is 5.75 Å². The molecule has 1 atom stereocenters. The second kappa shape index (κ2) is 7.83. The molecule has 33 heavy (non-hydrogen) atoms. The lowest BCUT2D eigenvalue weighted by Gasteiger charge is -2.54. The number of carbonyl (C=O) groups is 1. The number of carboxylic acids is 1. The van der Waals surface area contributed by atoms with Gasteiger partial charge in [-0.1, -0.05) is 12.1 Å². The molecule has 174 valence electrons. The summed E-state index contributed by atoms with van der Waals surface area (Å²) in [7, 11) is -2.62. The molecule has 1 saturated heterocycles. The Morgan fingerprint density at radius 3 is 2.73 bits per heavy atom. The van der Waals surface area contributed by atoms with Crippen molar-refractivity contribution in [3.8, 4) is 5.75 Å². The number of aromatic carboxylic acids is 1. The van der Waals surface area contributed by atoms with Crippen molar-refractivity contribution in [2.45, 2.75) is 51.1 Å². The fourth-order valence-electron chi connectivity index (χ4n) is 5.80. The molecule has 0 bridgehead atoms. The number of methoxy groups -OCH3 is 1. The quantitative estimate of drug-likeness (QED) is 0.498. The fourth-order valence-corrected chi connectivity index (χ4v) is 5.80. The lowest BCUT2D eigenvalue weighted by molar-refractivity contribution is -0.186. The number of piperidine rings is 1. The third-order valence-electron chi connectivity index (χ3n) is 7.39. The number of benzene rings is 2. The number of aromatic amines is 1. The van der Waals surface area contributed by atoms with E-state index in [1.165, 1.54) is 12.1 Å². The van der Waals surface area contributed by atoms with Crippen molar-refractivity contribution < 1.29 is 27.5 Å². The molecular formula is C26H28F2N2O3. The van der Waals surface area contributed by atoms with Gasteiger partial charge in [-0.05, 0) is 67.1 Å². The predicted molar refractivity (Wildman–Crippen MR) is 122 cm³/mol. The highest BCUT2D eigenvalue weighted by molar-refractivity contribution is 5.88. The summed E-state index contributed by atoms with van der Waals surface area (Å²) in [5.41, 5.74) is 3.02. The molecular weight excluding hydrogens is 426 g/mol. The number of nitrogens with zero attached hydrogens (tertiary/aromatic N) is 1. The molecule has 0 radical (unpaired) electrons. The number of likely N-dealkylation sites (tertiary alicyclic amines) is 1. The second-order valence-corrected chi connectivity index (χ2v) is 9.62. The van der Waals surface area contributed by atoms with E-state index in [-0.39, 0.29) is 30.2 Å². The van der Waals surface area contributed by atoms with Crippen LogP contribution in [0.3, 0.4) is 0 Å². The molecule has 1 aliphatic heterocycles. The van der Waals surface area contributed by atoms with Gasteiger partial charge < -0.3 is 14.8 Å². The molecule has 2 aromatic carbocycles. The van der Waals surface area contributed by atoms with E-state index >= 15 is 0 Å². The van der Waals surface area contributed by atoms with Gasteiger partial charge in [-0.15, -0.1) is 0 Å². The number of halogens is 2. The molecule has 1 spiro atoms. The van der Waals surface area contributed by atoms with Crippen LogP contribution in [0.15, 0.2) is 42.6 Å². The van der Waals surface area contributed by atoms with Gasteiger partial charge in [0.25, 0.3) is 0 Å². The van der Waals surface area contributed by atoms with Crippen molar-refractivity contribution in [2.24, 2.45) is 5.41 Å². The number of fused-ring (bicyclic) bond motifs is 1. The zero-order chi connectivity index (χ0) is 25.9. The third-order valence-corrected chi connectivity index (χ3v) is 7.39. The molecule has 2 heterocycles. The first-order valence-corrected chi connectivity index (χ1v) is 11.1. The zero-order valence-electron chi connectivity index (χ0n) is 21.3. The van der Waals surface area contributed by atoms with Crippen LogP contribution in [0.25, 0.3) is 10.9 Å². The molecule has 2 fully saturated rings. The number of aromatic nitrogens is 1. The second-order valence-electron chi connectivity index (χ2n) is 9.62. The van der Waals surface area contributed by atoms with Crippen LogP contribution < -0.4 is 4.74 Å². The number of H-pyrrole nitrogens is 1. The molecule has 1 aromatic heterocycles. The maximum absolute atomic E-state index is 13.9. The van der Waals surface area contributed by atoms with Crippen molar-refractivity contribution in [3.05, 3.63) is 64.8 Å². The van der Waals surface area contributed by atoms with E-state index in [1.807, 2.05) is 13.0 Å². The van der Waals surface area contributed by atoms with Gasteiger partial charge in [0.05, 0.1) is 16.7 Å². The fraction of sp³-hybridized carbons (Fsp3) is 0.423. The standard InChI is InChI=1S/C26H28F2N2O3/c1-16-11-22(33-2)20(19-7-9-29-23(16)19)13-30-10-8-25(14-26(27,28)15-25)12-21(30)17-3-5-18(6-4-17)24(31)32/h3-7,9,11,21,29H,8,10,12-15H2,1-2H3,(H,31,32)/t21-/m0/s1/i2D3. The Labute approximate surface area is 195 Å². The maximum Gasteiger partial charge on any atom is 0.335 e. The van der Waals surface area contributed by atoms with Crippen LogP contribution in [0, 0.1) is 12.3 Å². The monoisotopic (exact) mass is 457 g/mol. The minimum atomic E-state index is -2.64. The molecule has 3 aromatic rings. The molecule has 2 aliphatic rings. The average Bonchev–Trinajstić information content (AvgIpc) is 3.25. The van der Waals surface area contributed by atoms with Gasteiger partial charge in [0, 0.05) is 48.1 Å². The third kappa shape index (κ3) is 3.88. The van der Waals surface area contributed by atoms with Gasteiger partial charge in [-0.3, -0.25) is 4.90 Å². The molecule has 5 nitrogen and oxygen atoms in total. The summed E-state index contributed by atoms with van der Waals surface area (Å²) >= 11 is 0. The predicted octanol–water partition coefficient (Wildman–Crippen LogP) is 5.94. The van der Waals surface area contributed by atoms with Crippen molar-refractivity contribution >= 4 is 16.9 Å². The van der Waals surface area contributed by atoms with Gasteiger partial charge in [0.2, 0.25) is 5.92 Å². The van der Waals surface area contributed by atoms with E-state index in [4.69, 9.17) is 8.85 Å². The number of hydrogen-bond acceptors (Lipinski definition) is 3. The van der Waals surface area contributed by atoms with Crippen LogP contribution in [0.1, 0.15) is 62.9 Å². The Hall–Kier alpha value is -2.93. The largest absolute Gasteiger partial charge is 0.496 e. The molecule has 7 heteroatoms. The Morgan fingerprint density at radius 1 is 1.30 bits per heavy atom. The minimum Gasteiger partial charge on any atom is -0.496 e. The van der Waals surface area contributed by atoms with Crippen molar-refractivity contribution in [1.82, 2.24) is 9.88 Å². The first kappa shape index (κ1) is 18.5. The summed E-state index contributed by atoms with van der Waals surface area (Å²) in [6.07, 6.45) is 2.65. The van der Waals surface area contributed by atoms with Crippen molar-refractivity contribution in [2.75, 3.05) is 13.6 Å². The molecule has 5 rings (SSSR count). The Kier molecular flexibility index (Phi) is 4.39. The van der Waals surface area contributed by atoms with E-state index < -0.39 is 24.3 Å². The zero-order valence-corrected chi connectivity index (χ0v) is 18.3. The van der Waals surface area contributed by atoms with Crippen LogP contribution in [-0.2, 0) is 6.54 Å². The minimum absolute atomic E-state index is 0.141. The topological polar surface area (TPSA) is 65.6 Å². The van der Waals surface area contributed by atoms with Crippen molar-refractivity contribution in [1.29, 1.82) is 0 Å². The van der Waals surface area contributed by atoms with E-state index in [2.05, 4.69) is 9.88 Å². The SMILES string of the molecule is [2H]C([2H])([2H])Oc1cc(C)c2[nH]ccc2c1CN1CCC2(C[C@H]1c1ccc(C(=O)O)cc1)CC(F)(F)C2. The number of hydrogen-bond donors (Lipinski definition) is 2. The van der Waals surface area contributed by atoms with Gasteiger partial charge in [-0.25, -0.2) is 13.6 Å². The summed E-state index contributed by atoms with van der Waals surface area (Å²) in [4.78, 5) is 16.7. The normalized spacial score (nSPS) is 23.5. The number of carboxylic acid groups (broad SMARTS) is 1.